The molecule has 0 heterocycles. The first-order chi connectivity index (χ1) is 8.96. The number of carbonyl (C=O) groups excluding carboxylic acids is 1. The lowest BCUT2D eigenvalue weighted by atomic mass is 10.1. The van der Waals surface area contributed by atoms with Crippen LogP contribution in [0.15, 0.2) is 18.2 Å². The van der Waals surface area contributed by atoms with E-state index in [2.05, 4.69) is 0 Å². The van der Waals surface area contributed by atoms with E-state index in [-0.39, 0.29) is 0 Å². The van der Waals surface area contributed by atoms with E-state index in [4.69, 9.17) is 0 Å². The van der Waals surface area contributed by atoms with E-state index in [9.17, 15) is 35.5 Å². The molecule has 0 aliphatic rings. The smallest absolute Gasteiger partial charge is 0.344 e. The van der Waals surface area contributed by atoms with Crippen molar-refractivity contribution in [3.63, 3.8) is 0 Å². The summed E-state index contributed by atoms with van der Waals surface area (Å²) in [6.45, 7) is 0.987. The van der Waals surface area contributed by atoms with Crippen molar-refractivity contribution in [3.8, 4) is 0 Å². The maximum Gasteiger partial charge on any atom is 0.463 e. The molecule has 1 N–H and O–H groups in total. The molecule has 0 saturated carbocycles. The van der Waals surface area contributed by atoms with Gasteiger partial charge in [0.1, 0.15) is 11.6 Å². The first-order valence-electron chi connectivity index (χ1n) is 5.17. The van der Waals surface area contributed by atoms with Gasteiger partial charge >= 0.3 is 18.0 Å². The number of rotatable bonds is 3. The van der Waals surface area contributed by atoms with E-state index in [0.29, 0.717) is 6.07 Å². The van der Waals surface area contributed by atoms with Crippen LogP contribution in [0.3, 0.4) is 0 Å². The highest BCUT2D eigenvalue weighted by Gasteiger charge is 2.63. The molecule has 0 bridgehead atoms. The lowest BCUT2D eigenvalue weighted by Crippen LogP contribution is -2.50. The standard InChI is InChI=1S/C11H8F7NO/c1-5(7-3-2-6(12)4-8(7)13)19-9(20)10(14,15)11(16,17)18/h2-5H,1H3,(H,19,20). The molecule has 20 heavy (non-hydrogen) atoms. The van der Waals surface area contributed by atoms with E-state index in [0.717, 1.165) is 19.1 Å². The van der Waals surface area contributed by atoms with Crippen LogP contribution in [0.1, 0.15) is 18.5 Å². The molecule has 1 unspecified atom stereocenters. The number of hydrogen-bond acceptors (Lipinski definition) is 1. The van der Waals surface area contributed by atoms with Crippen LogP contribution in [-0.4, -0.2) is 18.0 Å². The highest BCUT2D eigenvalue weighted by atomic mass is 19.4. The number of benzene rings is 1. The SMILES string of the molecule is CC(NC(=O)C(F)(F)C(F)(F)F)c1ccc(F)cc1F. The summed E-state index contributed by atoms with van der Waals surface area (Å²) in [5.74, 6) is -10.3. The molecule has 1 aromatic carbocycles. The van der Waals surface area contributed by atoms with Gasteiger partial charge in [0.15, 0.2) is 0 Å². The third-order valence-corrected chi connectivity index (χ3v) is 2.42. The van der Waals surface area contributed by atoms with Gasteiger partial charge in [-0.1, -0.05) is 6.07 Å². The normalized spacial score (nSPS) is 14.0. The molecule has 0 aliphatic carbocycles. The van der Waals surface area contributed by atoms with Crippen LogP contribution < -0.4 is 5.32 Å². The molecule has 112 valence electrons. The van der Waals surface area contributed by atoms with Crippen LogP contribution >= 0.6 is 0 Å². The molecule has 0 aliphatic heterocycles. The molecule has 0 aromatic heterocycles. The number of carbonyl (C=O) groups is 1. The zero-order valence-corrected chi connectivity index (χ0v) is 9.86. The second-order valence-corrected chi connectivity index (χ2v) is 3.93. The van der Waals surface area contributed by atoms with Crippen molar-refractivity contribution < 1.29 is 35.5 Å². The molecule has 2 nitrogen and oxygen atoms in total. The molecule has 0 radical (unpaired) electrons. The monoisotopic (exact) mass is 303 g/mol. The van der Waals surface area contributed by atoms with E-state index < -0.39 is 41.2 Å². The second-order valence-electron chi connectivity index (χ2n) is 3.93. The Labute approximate surface area is 108 Å². The van der Waals surface area contributed by atoms with Gasteiger partial charge in [0.2, 0.25) is 0 Å². The van der Waals surface area contributed by atoms with Gasteiger partial charge in [-0.25, -0.2) is 8.78 Å². The topological polar surface area (TPSA) is 29.1 Å². The van der Waals surface area contributed by atoms with Gasteiger partial charge in [0.05, 0.1) is 6.04 Å². The molecule has 0 spiro atoms. The molecule has 1 amide bonds. The summed E-state index contributed by atoms with van der Waals surface area (Å²) >= 11 is 0. The fourth-order valence-corrected chi connectivity index (χ4v) is 1.35. The number of amides is 1. The van der Waals surface area contributed by atoms with Crippen LogP contribution in [0.5, 0.6) is 0 Å². The zero-order chi connectivity index (χ0) is 15.7. The minimum Gasteiger partial charge on any atom is -0.344 e. The van der Waals surface area contributed by atoms with Crippen LogP contribution in [0.4, 0.5) is 30.7 Å². The summed E-state index contributed by atoms with van der Waals surface area (Å²) in [5, 5.41) is 1.33. The van der Waals surface area contributed by atoms with Gasteiger partial charge in [0, 0.05) is 11.6 Å². The van der Waals surface area contributed by atoms with E-state index in [1.54, 1.807) is 0 Å². The number of nitrogens with one attached hydrogen (secondary N) is 1. The third-order valence-electron chi connectivity index (χ3n) is 2.42. The largest absolute Gasteiger partial charge is 0.463 e. The summed E-state index contributed by atoms with van der Waals surface area (Å²) in [6, 6.07) is 0.542. The van der Waals surface area contributed by atoms with Crippen molar-refractivity contribution in [2.24, 2.45) is 0 Å². The molecule has 0 fully saturated rings. The van der Waals surface area contributed by atoms with E-state index in [1.807, 2.05) is 0 Å². The summed E-state index contributed by atoms with van der Waals surface area (Å²) < 4.78 is 87.1. The first kappa shape index (κ1) is 16.3. The molecule has 0 saturated heterocycles. The fraction of sp³-hybridized carbons (Fsp3) is 0.364. The van der Waals surface area contributed by atoms with Crippen LogP contribution in [0, 0.1) is 11.6 Å². The second kappa shape index (κ2) is 5.29. The van der Waals surface area contributed by atoms with Gasteiger partial charge in [-0.05, 0) is 13.0 Å². The van der Waals surface area contributed by atoms with Gasteiger partial charge in [0.25, 0.3) is 0 Å². The van der Waals surface area contributed by atoms with Crippen LogP contribution in [-0.2, 0) is 4.79 Å². The summed E-state index contributed by atoms with van der Waals surface area (Å²) in [6.07, 6.45) is -6.06. The molecule has 1 rings (SSSR count). The minimum absolute atomic E-state index is 0.417. The predicted octanol–water partition coefficient (Wildman–Crippen LogP) is 3.34. The van der Waals surface area contributed by atoms with Crippen molar-refractivity contribution in [1.29, 1.82) is 0 Å². The molecular weight excluding hydrogens is 295 g/mol. The maximum absolute atomic E-state index is 13.3. The van der Waals surface area contributed by atoms with Crippen LogP contribution in [0.25, 0.3) is 0 Å². The average Bonchev–Trinajstić information content (AvgIpc) is 2.26. The first-order valence-corrected chi connectivity index (χ1v) is 5.17. The highest BCUT2D eigenvalue weighted by molar-refractivity contribution is 5.84. The van der Waals surface area contributed by atoms with Crippen molar-refractivity contribution >= 4 is 5.91 Å². The number of hydrogen-bond donors (Lipinski definition) is 1. The van der Waals surface area contributed by atoms with Gasteiger partial charge in [-0.3, -0.25) is 4.79 Å². The Kier molecular flexibility index (Phi) is 4.30. The van der Waals surface area contributed by atoms with Crippen molar-refractivity contribution in [3.05, 3.63) is 35.4 Å². The Morgan fingerprint density at radius 1 is 1.15 bits per heavy atom. The Morgan fingerprint density at radius 3 is 2.15 bits per heavy atom. The average molecular weight is 303 g/mol. The lowest BCUT2D eigenvalue weighted by molar-refractivity contribution is -0.270. The molecule has 1 aromatic rings. The number of halogens is 7. The van der Waals surface area contributed by atoms with Crippen molar-refractivity contribution in [2.45, 2.75) is 25.1 Å². The summed E-state index contributed by atoms with van der Waals surface area (Å²) in [4.78, 5) is 10.9. The Balaban J connectivity index is 2.91. The zero-order valence-electron chi connectivity index (χ0n) is 9.86. The Hall–Kier alpha value is -1.80. The maximum atomic E-state index is 13.3. The van der Waals surface area contributed by atoms with Gasteiger partial charge in [-0.2, -0.15) is 22.0 Å². The highest BCUT2D eigenvalue weighted by Crippen LogP contribution is 2.36. The van der Waals surface area contributed by atoms with Crippen molar-refractivity contribution in [1.82, 2.24) is 5.32 Å². The molecule has 9 heteroatoms. The van der Waals surface area contributed by atoms with Crippen LogP contribution in [0.2, 0.25) is 0 Å². The molecule has 1 atom stereocenters. The Morgan fingerprint density at radius 2 is 1.70 bits per heavy atom. The predicted molar refractivity (Wildman–Crippen MR) is 53.9 cm³/mol. The number of alkyl halides is 5. The third kappa shape index (κ3) is 3.20. The van der Waals surface area contributed by atoms with Crippen molar-refractivity contribution in [2.75, 3.05) is 0 Å². The Bertz CT molecular complexity index is 512. The lowest BCUT2D eigenvalue weighted by Gasteiger charge is -2.22. The van der Waals surface area contributed by atoms with E-state index in [1.165, 1.54) is 5.32 Å². The van der Waals surface area contributed by atoms with E-state index >= 15 is 0 Å². The summed E-state index contributed by atoms with van der Waals surface area (Å²) in [5.41, 5.74) is -0.419. The fourth-order valence-electron chi connectivity index (χ4n) is 1.35. The molecular formula is C11H8F7NO. The van der Waals surface area contributed by atoms with Gasteiger partial charge < -0.3 is 5.32 Å². The minimum atomic E-state index is -6.06. The quantitative estimate of drug-likeness (QED) is 0.853. The summed E-state index contributed by atoms with van der Waals surface area (Å²) in [7, 11) is 0. The van der Waals surface area contributed by atoms with Gasteiger partial charge in [-0.15, -0.1) is 0 Å².